The van der Waals surface area contributed by atoms with Crippen LogP contribution < -0.4 is 28.4 Å². The molecule has 2 aliphatic rings. The lowest BCUT2D eigenvalue weighted by Gasteiger charge is -2.33. The summed E-state index contributed by atoms with van der Waals surface area (Å²) in [5.41, 5.74) is 1.69. The Bertz CT molecular complexity index is 973. The Labute approximate surface area is 199 Å². The van der Waals surface area contributed by atoms with Gasteiger partial charge in [0.1, 0.15) is 0 Å². The molecule has 0 amide bonds. The van der Waals surface area contributed by atoms with Gasteiger partial charge < -0.3 is 42.6 Å². The molecule has 2 aromatic rings. The third kappa shape index (κ3) is 3.68. The molecule has 0 bridgehead atoms. The minimum Gasteiger partial charge on any atom is -0.493 e. The van der Waals surface area contributed by atoms with E-state index in [0.717, 1.165) is 11.1 Å². The van der Waals surface area contributed by atoms with Gasteiger partial charge in [-0.25, -0.2) is 0 Å². The van der Waals surface area contributed by atoms with E-state index in [1.54, 1.807) is 49.8 Å². The zero-order chi connectivity index (χ0) is 24.5. The van der Waals surface area contributed by atoms with E-state index in [1.165, 1.54) is 0 Å². The fourth-order valence-corrected chi connectivity index (χ4v) is 5.10. The average molecular weight is 477 g/mol. The van der Waals surface area contributed by atoms with E-state index in [4.69, 9.17) is 42.6 Å². The van der Waals surface area contributed by atoms with E-state index in [9.17, 15) is 0 Å². The zero-order valence-corrected chi connectivity index (χ0v) is 20.6. The van der Waals surface area contributed by atoms with Crippen LogP contribution in [0.15, 0.2) is 24.3 Å². The van der Waals surface area contributed by atoms with Crippen molar-refractivity contribution in [1.82, 2.24) is 0 Å². The molecule has 2 heterocycles. The van der Waals surface area contributed by atoms with Gasteiger partial charge in [-0.1, -0.05) is 0 Å². The van der Waals surface area contributed by atoms with Crippen LogP contribution in [0.2, 0.25) is 0 Å². The molecule has 4 rings (SSSR count). The van der Waals surface area contributed by atoms with Crippen LogP contribution in [0.3, 0.4) is 0 Å². The monoisotopic (exact) mass is 476 g/mol. The van der Waals surface area contributed by atoms with Crippen molar-refractivity contribution >= 4 is 0 Å². The molecule has 4 atom stereocenters. The Morgan fingerprint density at radius 3 is 1.62 bits per heavy atom. The van der Waals surface area contributed by atoms with Gasteiger partial charge in [-0.15, -0.1) is 0 Å². The van der Waals surface area contributed by atoms with E-state index >= 15 is 0 Å². The van der Waals surface area contributed by atoms with Gasteiger partial charge in [-0.2, -0.15) is 0 Å². The molecule has 0 aromatic heterocycles. The Morgan fingerprint density at radius 2 is 1.18 bits per heavy atom. The van der Waals surface area contributed by atoms with Crippen molar-refractivity contribution in [2.75, 3.05) is 63.0 Å². The average Bonchev–Trinajstić information content (AvgIpc) is 3.47. The predicted molar refractivity (Wildman–Crippen MR) is 123 cm³/mol. The summed E-state index contributed by atoms with van der Waals surface area (Å²) in [5.74, 6) is 2.16. The molecule has 186 valence electrons. The largest absolute Gasteiger partial charge is 0.493 e. The van der Waals surface area contributed by atoms with Gasteiger partial charge in [-0.05, 0) is 29.8 Å². The Morgan fingerprint density at radius 1 is 0.676 bits per heavy atom. The maximum atomic E-state index is 6.38. The van der Waals surface area contributed by atoms with E-state index in [-0.39, 0.29) is 17.9 Å². The zero-order valence-electron chi connectivity index (χ0n) is 20.6. The van der Waals surface area contributed by atoms with Crippen molar-refractivity contribution in [1.29, 1.82) is 0 Å². The molecular formula is C25H32O9. The number of ether oxygens (including phenoxy) is 9. The molecular weight excluding hydrogens is 444 g/mol. The highest BCUT2D eigenvalue weighted by molar-refractivity contribution is 5.56. The predicted octanol–water partition coefficient (Wildman–Crippen LogP) is 3.57. The van der Waals surface area contributed by atoms with Crippen molar-refractivity contribution < 1.29 is 42.6 Å². The van der Waals surface area contributed by atoms with Crippen molar-refractivity contribution in [3.8, 4) is 34.5 Å². The second-order valence-corrected chi connectivity index (χ2v) is 8.08. The SMILES string of the molecule is COc1cc(C2OCC3C2COC3(OC)c2cc(OC)c(OC)c(OC)c2)cc(OC)c1OC. The van der Waals surface area contributed by atoms with Crippen molar-refractivity contribution in [3.05, 3.63) is 35.4 Å². The standard InChI is InChI=1S/C25H32O9/c1-26-18-8-14(9-19(27-2)23(18)30-5)22-16-12-34-25(32-7,17(16)13-33-22)15-10-20(28-3)24(31-6)21(11-15)29-4/h8-11,16-17,22H,12-13H2,1-7H3. The van der Waals surface area contributed by atoms with Crippen molar-refractivity contribution in [2.45, 2.75) is 11.9 Å². The fraction of sp³-hybridized carbons (Fsp3) is 0.520. The Kier molecular flexibility index (Phi) is 6.97. The number of hydrogen-bond acceptors (Lipinski definition) is 9. The van der Waals surface area contributed by atoms with Crippen LogP contribution in [0.5, 0.6) is 34.5 Å². The van der Waals surface area contributed by atoms with Gasteiger partial charge in [0.15, 0.2) is 28.8 Å². The first-order chi connectivity index (χ1) is 16.5. The van der Waals surface area contributed by atoms with Crippen LogP contribution in [0.4, 0.5) is 0 Å². The molecule has 0 spiro atoms. The summed E-state index contributed by atoms with van der Waals surface area (Å²) in [4.78, 5) is 0. The number of hydrogen-bond donors (Lipinski definition) is 0. The minimum absolute atomic E-state index is 0.0295. The third-order valence-corrected chi connectivity index (χ3v) is 6.73. The van der Waals surface area contributed by atoms with Gasteiger partial charge in [-0.3, -0.25) is 0 Å². The summed E-state index contributed by atoms with van der Waals surface area (Å²) < 4.78 is 51.9. The van der Waals surface area contributed by atoms with Gasteiger partial charge in [0.2, 0.25) is 11.5 Å². The minimum atomic E-state index is -1.03. The number of benzene rings is 2. The van der Waals surface area contributed by atoms with E-state index in [1.807, 2.05) is 24.3 Å². The second-order valence-electron chi connectivity index (χ2n) is 8.08. The first-order valence-electron chi connectivity index (χ1n) is 10.9. The van der Waals surface area contributed by atoms with Crippen LogP contribution in [0.1, 0.15) is 17.2 Å². The van der Waals surface area contributed by atoms with Gasteiger partial charge >= 0.3 is 0 Å². The molecule has 4 unspecified atom stereocenters. The van der Waals surface area contributed by atoms with Crippen LogP contribution >= 0.6 is 0 Å². The van der Waals surface area contributed by atoms with E-state index in [2.05, 4.69) is 0 Å². The fourth-order valence-electron chi connectivity index (χ4n) is 5.10. The molecule has 9 nitrogen and oxygen atoms in total. The highest BCUT2D eigenvalue weighted by Crippen LogP contribution is 2.56. The molecule has 2 aliphatic heterocycles. The van der Waals surface area contributed by atoms with Crippen molar-refractivity contribution in [2.24, 2.45) is 11.8 Å². The summed E-state index contributed by atoms with van der Waals surface area (Å²) in [7, 11) is 11.1. The summed E-state index contributed by atoms with van der Waals surface area (Å²) in [5, 5.41) is 0. The molecule has 0 saturated carbocycles. The first kappa shape index (κ1) is 24.3. The topological polar surface area (TPSA) is 83.1 Å². The maximum absolute atomic E-state index is 6.38. The quantitative estimate of drug-likeness (QED) is 0.539. The molecule has 0 N–H and O–H groups in total. The molecule has 0 radical (unpaired) electrons. The molecule has 9 heteroatoms. The molecule has 2 fully saturated rings. The highest BCUT2D eigenvalue weighted by Gasteiger charge is 2.58. The molecule has 0 aliphatic carbocycles. The summed E-state index contributed by atoms with van der Waals surface area (Å²) in [6.45, 7) is 0.882. The van der Waals surface area contributed by atoms with Crippen molar-refractivity contribution in [3.63, 3.8) is 0 Å². The normalized spacial score (nSPS) is 25.6. The van der Waals surface area contributed by atoms with Crippen LogP contribution in [0, 0.1) is 11.8 Å². The molecule has 2 saturated heterocycles. The van der Waals surface area contributed by atoms with Gasteiger partial charge in [0.25, 0.3) is 0 Å². The lowest BCUT2D eigenvalue weighted by molar-refractivity contribution is -0.230. The lowest BCUT2D eigenvalue weighted by atomic mass is 9.82. The second kappa shape index (κ2) is 9.77. The Balaban J connectivity index is 1.73. The first-order valence-corrected chi connectivity index (χ1v) is 10.9. The Hall–Kier alpha value is -2.88. The van der Waals surface area contributed by atoms with E-state index < -0.39 is 5.79 Å². The van der Waals surface area contributed by atoms with E-state index in [0.29, 0.717) is 47.7 Å². The van der Waals surface area contributed by atoms with Crippen LogP contribution in [-0.4, -0.2) is 63.0 Å². The third-order valence-electron chi connectivity index (χ3n) is 6.73. The highest BCUT2D eigenvalue weighted by atomic mass is 16.7. The van der Waals surface area contributed by atoms with Crippen LogP contribution in [0.25, 0.3) is 0 Å². The number of fused-ring (bicyclic) bond motifs is 1. The number of methoxy groups -OCH3 is 7. The number of rotatable bonds is 9. The summed E-state index contributed by atoms with van der Waals surface area (Å²) in [6, 6.07) is 7.56. The molecule has 2 aromatic carbocycles. The lowest BCUT2D eigenvalue weighted by Crippen LogP contribution is -2.36. The van der Waals surface area contributed by atoms with Gasteiger partial charge in [0, 0.05) is 24.5 Å². The van der Waals surface area contributed by atoms with Gasteiger partial charge in [0.05, 0.1) is 62.0 Å². The summed E-state index contributed by atoms with van der Waals surface area (Å²) in [6.07, 6.45) is -0.238. The van der Waals surface area contributed by atoms with Crippen LogP contribution in [-0.2, 0) is 20.0 Å². The molecule has 34 heavy (non-hydrogen) atoms. The maximum Gasteiger partial charge on any atom is 0.203 e. The summed E-state index contributed by atoms with van der Waals surface area (Å²) >= 11 is 0. The smallest absolute Gasteiger partial charge is 0.203 e.